The predicted octanol–water partition coefficient (Wildman–Crippen LogP) is 2.07. The Hall–Kier alpha value is -2.56. The maximum Gasteiger partial charge on any atom is 0.255 e. The molecule has 0 aliphatic heterocycles. The highest BCUT2D eigenvalue weighted by Crippen LogP contribution is 2.13. The summed E-state index contributed by atoms with van der Waals surface area (Å²) >= 11 is 0. The van der Waals surface area contributed by atoms with Crippen LogP contribution < -0.4 is 4.74 Å². The van der Waals surface area contributed by atoms with E-state index in [2.05, 4.69) is 4.98 Å². The van der Waals surface area contributed by atoms with Crippen molar-refractivity contribution < 1.29 is 14.6 Å². The van der Waals surface area contributed by atoms with Gasteiger partial charge in [0.15, 0.2) is 0 Å². The molecule has 5 heteroatoms. The molecule has 0 saturated heterocycles. The zero-order valence-electron chi connectivity index (χ0n) is 11.4. The molecule has 1 heterocycles. The molecule has 0 aliphatic rings. The Labute approximate surface area is 117 Å². The van der Waals surface area contributed by atoms with Crippen molar-refractivity contribution in [3.8, 4) is 11.6 Å². The average molecular weight is 272 g/mol. The van der Waals surface area contributed by atoms with Crippen molar-refractivity contribution in [2.24, 2.45) is 0 Å². The SMILES string of the molecule is COc1ccc(C(=O)N(C)Cc2ccc(O)cc2)cn1. The standard InChI is InChI=1S/C15H16N2O3/c1-17(10-11-3-6-13(18)7-4-11)15(19)12-5-8-14(20-2)16-9-12/h3-9,18H,10H2,1-2H3. The van der Waals surface area contributed by atoms with Crippen molar-refractivity contribution in [2.45, 2.75) is 6.54 Å². The van der Waals surface area contributed by atoms with Gasteiger partial charge >= 0.3 is 0 Å². The fourth-order valence-corrected chi connectivity index (χ4v) is 1.79. The Morgan fingerprint density at radius 3 is 2.50 bits per heavy atom. The van der Waals surface area contributed by atoms with E-state index >= 15 is 0 Å². The molecule has 2 aromatic rings. The lowest BCUT2D eigenvalue weighted by atomic mass is 10.2. The Kier molecular flexibility index (Phi) is 4.20. The molecule has 0 unspecified atom stereocenters. The van der Waals surface area contributed by atoms with Gasteiger partial charge in [-0.2, -0.15) is 0 Å². The fourth-order valence-electron chi connectivity index (χ4n) is 1.79. The van der Waals surface area contributed by atoms with E-state index in [-0.39, 0.29) is 11.7 Å². The predicted molar refractivity (Wildman–Crippen MR) is 74.7 cm³/mol. The number of aromatic hydroxyl groups is 1. The van der Waals surface area contributed by atoms with Crippen LogP contribution in [0, 0.1) is 0 Å². The van der Waals surface area contributed by atoms with Gasteiger partial charge in [-0.1, -0.05) is 12.1 Å². The molecule has 0 fully saturated rings. The van der Waals surface area contributed by atoms with Crippen LogP contribution in [-0.4, -0.2) is 35.1 Å². The largest absolute Gasteiger partial charge is 0.508 e. The number of methoxy groups -OCH3 is 1. The van der Waals surface area contributed by atoms with Crippen LogP contribution in [0.5, 0.6) is 11.6 Å². The molecule has 5 nitrogen and oxygen atoms in total. The van der Waals surface area contributed by atoms with Crippen LogP contribution in [0.3, 0.4) is 0 Å². The Morgan fingerprint density at radius 2 is 1.95 bits per heavy atom. The summed E-state index contributed by atoms with van der Waals surface area (Å²) in [4.78, 5) is 17.8. The topological polar surface area (TPSA) is 62.7 Å². The first kappa shape index (κ1) is 13.9. The smallest absolute Gasteiger partial charge is 0.255 e. The normalized spacial score (nSPS) is 10.1. The van der Waals surface area contributed by atoms with Gasteiger partial charge in [-0.3, -0.25) is 4.79 Å². The first-order valence-electron chi connectivity index (χ1n) is 6.13. The first-order chi connectivity index (χ1) is 9.60. The Morgan fingerprint density at radius 1 is 1.25 bits per heavy atom. The van der Waals surface area contributed by atoms with Gasteiger partial charge in [-0.25, -0.2) is 4.98 Å². The molecule has 0 aliphatic carbocycles. The minimum absolute atomic E-state index is 0.117. The number of phenolic OH excluding ortho intramolecular Hbond substituents is 1. The molecule has 0 atom stereocenters. The molecule has 2 rings (SSSR count). The lowest BCUT2D eigenvalue weighted by molar-refractivity contribution is 0.0784. The van der Waals surface area contributed by atoms with E-state index < -0.39 is 0 Å². The summed E-state index contributed by atoms with van der Waals surface area (Å²) in [5.74, 6) is 0.568. The van der Waals surface area contributed by atoms with E-state index in [1.165, 1.54) is 13.3 Å². The molecule has 104 valence electrons. The Balaban J connectivity index is 2.05. The van der Waals surface area contributed by atoms with Crippen LogP contribution in [0.1, 0.15) is 15.9 Å². The van der Waals surface area contributed by atoms with Crippen LogP contribution in [0.4, 0.5) is 0 Å². The van der Waals surface area contributed by atoms with E-state index in [9.17, 15) is 9.90 Å². The fraction of sp³-hybridized carbons (Fsp3) is 0.200. The number of phenols is 1. The van der Waals surface area contributed by atoms with E-state index in [4.69, 9.17) is 4.74 Å². The number of carbonyl (C=O) groups excluding carboxylic acids is 1. The number of aromatic nitrogens is 1. The number of ether oxygens (including phenoxy) is 1. The number of amides is 1. The van der Waals surface area contributed by atoms with Crippen LogP contribution in [0.2, 0.25) is 0 Å². The third kappa shape index (κ3) is 3.26. The third-order valence-corrected chi connectivity index (χ3v) is 2.90. The molecule has 1 N–H and O–H groups in total. The maximum atomic E-state index is 12.2. The second kappa shape index (κ2) is 6.06. The summed E-state index contributed by atoms with van der Waals surface area (Å²) in [5.41, 5.74) is 1.45. The van der Waals surface area contributed by atoms with Crippen LogP contribution in [0.15, 0.2) is 42.6 Å². The summed E-state index contributed by atoms with van der Waals surface area (Å²) in [6.07, 6.45) is 1.49. The van der Waals surface area contributed by atoms with Gasteiger partial charge in [0.05, 0.1) is 12.7 Å². The van der Waals surface area contributed by atoms with Crippen LogP contribution in [-0.2, 0) is 6.54 Å². The number of hydrogen-bond acceptors (Lipinski definition) is 4. The summed E-state index contributed by atoms with van der Waals surface area (Å²) in [5, 5.41) is 9.23. The second-order valence-electron chi connectivity index (χ2n) is 4.42. The highest BCUT2D eigenvalue weighted by Gasteiger charge is 2.12. The second-order valence-corrected chi connectivity index (χ2v) is 4.42. The molecule has 1 aromatic heterocycles. The molecule has 1 aromatic carbocycles. The van der Waals surface area contributed by atoms with Gasteiger partial charge < -0.3 is 14.7 Å². The van der Waals surface area contributed by atoms with Gasteiger partial charge in [0.2, 0.25) is 5.88 Å². The average Bonchev–Trinajstić information content (AvgIpc) is 2.49. The number of hydrogen-bond donors (Lipinski definition) is 1. The number of benzene rings is 1. The summed E-state index contributed by atoms with van der Waals surface area (Å²) in [6.45, 7) is 0.463. The molecular formula is C15H16N2O3. The zero-order valence-corrected chi connectivity index (χ0v) is 11.4. The van der Waals surface area contributed by atoms with Crippen molar-refractivity contribution >= 4 is 5.91 Å². The van der Waals surface area contributed by atoms with Crippen molar-refractivity contribution in [3.63, 3.8) is 0 Å². The number of pyridine rings is 1. The van der Waals surface area contributed by atoms with Crippen molar-refractivity contribution in [1.82, 2.24) is 9.88 Å². The lowest BCUT2D eigenvalue weighted by Gasteiger charge is -2.17. The van der Waals surface area contributed by atoms with E-state index in [1.54, 1.807) is 48.3 Å². The quantitative estimate of drug-likeness (QED) is 0.925. The van der Waals surface area contributed by atoms with E-state index in [0.717, 1.165) is 5.56 Å². The van der Waals surface area contributed by atoms with Gasteiger partial charge in [-0.05, 0) is 23.8 Å². The number of nitrogens with zero attached hydrogens (tertiary/aromatic N) is 2. The number of rotatable bonds is 4. The highest BCUT2D eigenvalue weighted by atomic mass is 16.5. The van der Waals surface area contributed by atoms with Crippen molar-refractivity contribution in [1.29, 1.82) is 0 Å². The summed E-state index contributed by atoms with van der Waals surface area (Å²) < 4.78 is 4.96. The molecule has 0 saturated carbocycles. The molecule has 1 amide bonds. The van der Waals surface area contributed by atoms with E-state index in [1.807, 2.05) is 0 Å². The van der Waals surface area contributed by atoms with Crippen LogP contribution in [0.25, 0.3) is 0 Å². The molecule has 0 spiro atoms. The monoisotopic (exact) mass is 272 g/mol. The molecule has 0 bridgehead atoms. The van der Waals surface area contributed by atoms with Gasteiger partial charge in [0.1, 0.15) is 5.75 Å². The highest BCUT2D eigenvalue weighted by molar-refractivity contribution is 5.93. The minimum Gasteiger partial charge on any atom is -0.508 e. The molecule has 20 heavy (non-hydrogen) atoms. The maximum absolute atomic E-state index is 12.2. The van der Waals surface area contributed by atoms with Crippen molar-refractivity contribution in [2.75, 3.05) is 14.2 Å². The van der Waals surface area contributed by atoms with Gasteiger partial charge in [0, 0.05) is 25.9 Å². The molecule has 0 radical (unpaired) electrons. The molecular weight excluding hydrogens is 256 g/mol. The Bertz CT molecular complexity index is 579. The van der Waals surface area contributed by atoms with Gasteiger partial charge in [-0.15, -0.1) is 0 Å². The van der Waals surface area contributed by atoms with Crippen LogP contribution >= 0.6 is 0 Å². The number of carbonyl (C=O) groups is 1. The van der Waals surface area contributed by atoms with Gasteiger partial charge in [0.25, 0.3) is 5.91 Å². The minimum atomic E-state index is -0.117. The first-order valence-corrected chi connectivity index (χ1v) is 6.13. The lowest BCUT2D eigenvalue weighted by Crippen LogP contribution is -2.26. The van der Waals surface area contributed by atoms with E-state index in [0.29, 0.717) is 18.0 Å². The third-order valence-electron chi connectivity index (χ3n) is 2.90. The summed E-state index contributed by atoms with van der Waals surface area (Å²) in [7, 11) is 3.25. The zero-order chi connectivity index (χ0) is 14.5. The van der Waals surface area contributed by atoms with Crippen molar-refractivity contribution in [3.05, 3.63) is 53.7 Å². The summed E-state index contributed by atoms with van der Waals surface area (Å²) in [6, 6.07) is 10.1.